The first-order valence-corrected chi connectivity index (χ1v) is 14.0. The zero-order chi connectivity index (χ0) is 24.8. The van der Waals surface area contributed by atoms with Gasteiger partial charge in [0.15, 0.2) is 0 Å². The Kier molecular flexibility index (Phi) is 9.05. The number of methoxy groups -OCH3 is 1. The number of piperidine rings is 1. The van der Waals surface area contributed by atoms with Gasteiger partial charge in [-0.25, -0.2) is 0 Å². The van der Waals surface area contributed by atoms with Gasteiger partial charge >= 0.3 is 5.97 Å². The molecule has 1 fully saturated rings. The fraction of sp³-hybridized carbons (Fsp3) is 0.481. The van der Waals surface area contributed by atoms with Crippen LogP contribution in [-0.4, -0.2) is 72.5 Å². The van der Waals surface area contributed by atoms with E-state index in [-0.39, 0.29) is 17.9 Å². The molecule has 1 aliphatic rings. The molecule has 2 aromatic heterocycles. The highest BCUT2D eigenvalue weighted by Crippen LogP contribution is 2.36. The van der Waals surface area contributed by atoms with Crippen molar-refractivity contribution in [2.45, 2.75) is 29.5 Å². The van der Waals surface area contributed by atoms with Crippen molar-refractivity contribution in [1.82, 2.24) is 14.8 Å². The van der Waals surface area contributed by atoms with Crippen molar-refractivity contribution in [3.05, 3.63) is 53.5 Å². The summed E-state index contributed by atoms with van der Waals surface area (Å²) in [6.07, 6.45) is 4.61. The molecule has 1 aromatic carbocycles. The number of aliphatic carboxylic acids is 1. The number of fused-ring (bicyclic) bond motifs is 1. The summed E-state index contributed by atoms with van der Waals surface area (Å²) in [5.41, 5.74) is 2.17. The molecule has 6 nitrogen and oxygen atoms in total. The quantitative estimate of drug-likeness (QED) is 0.340. The number of ether oxygens (including phenoxy) is 1. The smallest absolute Gasteiger partial charge is 0.308 e. The van der Waals surface area contributed by atoms with E-state index < -0.39 is 5.97 Å². The maximum atomic E-state index is 12.2. The molecule has 3 aromatic rings. The normalized spacial score (nSPS) is 19.8. The van der Waals surface area contributed by atoms with Crippen LogP contribution in [0, 0.1) is 11.8 Å². The van der Waals surface area contributed by atoms with Crippen molar-refractivity contribution in [3.63, 3.8) is 0 Å². The number of hydrogen-bond donors (Lipinski definition) is 1. The van der Waals surface area contributed by atoms with Crippen LogP contribution in [0.15, 0.2) is 52.2 Å². The molecule has 4 rings (SSSR count). The van der Waals surface area contributed by atoms with Crippen LogP contribution in [0.5, 0.6) is 5.75 Å². The van der Waals surface area contributed by atoms with E-state index in [2.05, 4.69) is 58.5 Å². The average molecular weight is 514 g/mol. The van der Waals surface area contributed by atoms with Crippen molar-refractivity contribution in [2.24, 2.45) is 11.8 Å². The van der Waals surface area contributed by atoms with E-state index in [0.717, 1.165) is 54.8 Å². The molecule has 0 aliphatic carbocycles. The van der Waals surface area contributed by atoms with E-state index in [4.69, 9.17) is 4.74 Å². The third kappa shape index (κ3) is 6.55. The van der Waals surface area contributed by atoms with Crippen LogP contribution < -0.4 is 4.74 Å². The number of pyridine rings is 1. The summed E-state index contributed by atoms with van der Waals surface area (Å²) in [6.45, 7) is 2.55. The molecule has 1 saturated heterocycles. The van der Waals surface area contributed by atoms with E-state index in [0.29, 0.717) is 6.54 Å². The second-order valence-electron chi connectivity index (χ2n) is 9.41. The van der Waals surface area contributed by atoms with Gasteiger partial charge < -0.3 is 19.6 Å². The van der Waals surface area contributed by atoms with Crippen LogP contribution in [0.25, 0.3) is 10.9 Å². The third-order valence-corrected chi connectivity index (χ3v) is 9.19. The third-order valence-electron chi connectivity index (χ3n) is 7.08. The zero-order valence-corrected chi connectivity index (χ0v) is 22.4. The summed E-state index contributed by atoms with van der Waals surface area (Å²) in [6, 6.07) is 12.5. The SMILES string of the molecule is COc1ccc2nccc([C@H](CC[C@@H]3CCN(CCSc4cccs4)C[C@@H]3C(=O)O)N(C)C)c2c1. The molecule has 0 bridgehead atoms. The molecule has 0 spiro atoms. The number of thioether (sulfide) groups is 1. The molecule has 0 amide bonds. The largest absolute Gasteiger partial charge is 0.497 e. The molecule has 8 heteroatoms. The summed E-state index contributed by atoms with van der Waals surface area (Å²) >= 11 is 3.62. The minimum absolute atomic E-state index is 0.183. The Bertz CT molecular complexity index is 1110. The number of carboxylic acids is 1. The monoisotopic (exact) mass is 513 g/mol. The van der Waals surface area contributed by atoms with Crippen molar-refractivity contribution in [2.75, 3.05) is 46.6 Å². The molecule has 35 heavy (non-hydrogen) atoms. The van der Waals surface area contributed by atoms with Gasteiger partial charge in [0.1, 0.15) is 5.75 Å². The van der Waals surface area contributed by atoms with Crippen LogP contribution >= 0.6 is 23.1 Å². The molecule has 3 atom stereocenters. The molecule has 1 N–H and O–H groups in total. The van der Waals surface area contributed by atoms with E-state index >= 15 is 0 Å². The molecular formula is C27H35N3O3S2. The van der Waals surface area contributed by atoms with Crippen molar-refractivity contribution in [3.8, 4) is 5.75 Å². The minimum Gasteiger partial charge on any atom is -0.497 e. The van der Waals surface area contributed by atoms with Crippen molar-refractivity contribution >= 4 is 40.0 Å². The van der Waals surface area contributed by atoms with Crippen LogP contribution in [0.3, 0.4) is 0 Å². The summed E-state index contributed by atoms with van der Waals surface area (Å²) in [7, 11) is 5.87. The highest BCUT2D eigenvalue weighted by Gasteiger charge is 2.34. The van der Waals surface area contributed by atoms with Crippen molar-refractivity contribution in [1.29, 1.82) is 0 Å². The lowest BCUT2D eigenvalue weighted by molar-refractivity contribution is -0.146. The summed E-state index contributed by atoms with van der Waals surface area (Å²) in [5, 5.41) is 13.2. The molecule has 0 radical (unpaired) electrons. The Morgan fingerprint density at radius 3 is 2.91 bits per heavy atom. The van der Waals surface area contributed by atoms with Gasteiger partial charge in [0.25, 0.3) is 0 Å². The van der Waals surface area contributed by atoms with Gasteiger partial charge in [0, 0.05) is 36.5 Å². The lowest BCUT2D eigenvalue weighted by Gasteiger charge is -2.37. The standard InChI is InChI=1S/C27H35N3O3S2/c1-29(2)25(21-10-12-28-24-8-7-20(33-3)17-22(21)24)9-6-19-11-13-30(18-23(19)27(31)32)14-16-35-26-5-4-15-34-26/h4-5,7-8,10,12,15,17,19,23,25H,6,9,11,13-14,16,18H2,1-3H3,(H,31,32)/t19-,23+,25+/m1/s1. The molecular weight excluding hydrogens is 478 g/mol. The fourth-order valence-corrected chi connectivity index (χ4v) is 7.01. The van der Waals surface area contributed by atoms with Crippen molar-refractivity contribution < 1.29 is 14.6 Å². The Morgan fingerprint density at radius 1 is 1.34 bits per heavy atom. The van der Waals surface area contributed by atoms with Crippen LogP contribution in [0.2, 0.25) is 0 Å². The lowest BCUT2D eigenvalue weighted by atomic mass is 9.80. The first kappa shape index (κ1) is 25.9. The predicted octanol–water partition coefficient (Wildman–Crippen LogP) is 5.50. The number of nitrogens with zero attached hydrogens (tertiary/aromatic N) is 3. The number of hydrogen-bond acceptors (Lipinski definition) is 7. The Balaban J connectivity index is 1.41. The number of aromatic nitrogens is 1. The maximum Gasteiger partial charge on any atom is 0.308 e. The summed E-state index contributed by atoms with van der Waals surface area (Å²) in [5.74, 6) is 1.04. The van der Waals surface area contributed by atoms with Gasteiger partial charge in [-0.3, -0.25) is 9.78 Å². The van der Waals surface area contributed by atoms with Crippen LogP contribution in [-0.2, 0) is 4.79 Å². The highest BCUT2D eigenvalue weighted by molar-refractivity contribution is 8.01. The topological polar surface area (TPSA) is 65.9 Å². The Hall–Kier alpha value is -2.13. The number of likely N-dealkylation sites (tertiary alicyclic amines) is 1. The van der Waals surface area contributed by atoms with E-state index in [1.165, 1.54) is 9.77 Å². The molecule has 3 heterocycles. The first-order valence-electron chi connectivity index (χ1n) is 12.2. The molecule has 1 aliphatic heterocycles. The van der Waals surface area contributed by atoms with Gasteiger partial charge in [0.05, 0.1) is 22.8 Å². The lowest BCUT2D eigenvalue weighted by Crippen LogP contribution is -2.44. The first-order chi connectivity index (χ1) is 17.0. The summed E-state index contributed by atoms with van der Waals surface area (Å²) in [4.78, 5) is 21.3. The van der Waals surface area contributed by atoms with Gasteiger partial charge in [-0.2, -0.15) is 0 Å². The van der Waals surface area contributed by atoms with Gasteiger partial charge in [-0.05, 0) is 87.1 Å². The maximum absolute atomic E-state index is 12.2. The van der Waals surface area contributed by atoms with E-state index in [9.17, 15) is 9.90 Å². The Labute approximate surface area is 216 Å². The predicted molar refractivity (Wildman–Crippen MR) is 145 cm³/mol. The number of carbonyl (C=O) groups is 1. The zero-order valence-electron chi connectivity index (χ0n) is 20.7. The fourth-order valence-electron chi connectivity index (χ4n) is 5.15. The average Bonchev–Trinajstić information content (AvgIpc) is 3.37. The van der Waals surface area contributed by atoms with Gasteiger partial charge in [-0.1, -0.05) is 6.07 Å². The number of rotatable bonds is 11. The second kappa shape index (κ2) is 12.2. The van der Waals surface area contributed by atoms with Crippen LogP contribution in [0.1, 0.15) is 30.9 Å². The number of benzene rings is 1. The number of thiophene rings is 1. The second-order valence-corrected chi connectivity index (χ2v) is 11.8. The Morgan fingerprint density at radius 2 is 2.20 bits per heavy atom. The number of carboxylic acid groups (broad SMARTS) is 1. The van der Waals surface area contributed by atoms with E-state index in [1.807, 2.05) is 30.1 Å². The van der Waals surface area contributed by atoms with Gasteiger partial charge in [-0.15, -0.1) is 23.1 Å². The minimum atomic E-state index is -0.661. The highest BCUT2D eigenvalue weighted by atomic mass is 32.2. The summed E-state index contributed by atoms with van der Waals surface area (Å²) < 4.78 is 6.78. The van der Waals surface area contributed by atoms with Gasteiger partial charge in [0.2, 0.25) is 0 Å². The van der Waals surface area contributed by atoms with Crippen LogP contribution in [0.4, 0.5) is 0 Å². The molecule has 0 saturated carbocycles. The molecule has 0 unspecified atom stereocenters. The van der Waals surface area contributed by atoms with E-state index in [1.54, 1.807) is 18.4 Å². The molecule has 188 valence electrons.